The first-order chi connectivity index (χ1) is 16.2. The molecule has 178 valence electrons. The number of carbonyl (C=O) groups is 2. The minimum absolute atomic E-state index is 0.264. The summed E-state index contributed by atoms with van der Waals surface area (Å²) in [4.78, 5) is 24.3. The highest BCUT2D eigenvalue weighted by Crippen LogP contribution is 2.23. The van der Waals surface area contributed by atoms with Crippen LogP contribution in [0.3, 0.4) is 0 Å². The van der Waals surface area contributed by atoms with Crippen molar-refractivity contribution < 1.29 is 23.8 Å². The Labute approximate surface area is 200 Å². The molecule has 0 aliphatic rings. The van der Waals surface area contributed by atoms with Gasteiger partial charge < -0.3 is 19.5 Å². The van der Waals surface area contributed by atoms with Gasteiger partial charge in [-0.25, -0.2) is 9.59 Å². The lowest BCUT2D eigenvalue weighted by atomic mass is 10.1. The third-order valence-electron chi connectivity index (χ3n) is 4.95. The molecule has 1 atom stereocenters. The summed E-state index contributed by atoms with van der Waals surface area (Å²) in [6, 6.07) is 24.8. The summed E-state index contributed by atoms with van der Waals surface area (Å²) in [5.41, 5.74) is 2.65. The van der Waals surface area contributed by atoms with E-state index in [1.807, 2.05) is 54.6 Å². The molecule has 0 fully saturated rings. The van der Waals surface area contributed by atoms with Crippen LogP contribution in [-0.2, 0) is 27.1 Å². The summed E-state index contributed by atoms with van der Waals surface area (Å²) in [7, 11) is 1.29. The van der Waals surface area contributed by atoms with Gasteiger partial charge in [0.05, 0.1) is 7.11 Å². The Morgan fingerprint density at radius 2 is 1.32 bits per heavy atom. The van der Waals surface area contributed by atoms with Gasteiger partial charge >= 0.3 is 12.1 Å². The Bertz CT molecular complexity index is 1070. The van der Waals surface area contributed by atoms with Crippen LogP contribution in [0.4, 0.5) is 4.79 Å². The van der Waals surface area contributed by atoms with E-state index >= 15 is 0 Å². The Morgan fingerprint density at radius 3 is 1.85 bits per heavy atom. The fraction of sp³-hybridized carbons (Fsp3) is 0.286. The van der Waals surface area contributed by atoms with Crippen molar-refractivity contribution in [3.63, 3.8) is 0 Å². The molecule has 1 unspecified atom stereocenters. The minimum atomic E-state index is -0.858. The van der Waals surface area contributed by atoms with Gasteiger partial charge in [0, 0.05) is 6.42 Å². The summed E-state index contributed by atoms with van der Waals surface area (Å²) in [6.07, 6.45) is 0.466. The van der Waals surface area contributed by atoms with Crippen molar-refractivity contribution in [3.8, 4) is 11.5 Å². The number of alkyl carbamates (subject to hydrolysis) is 1. The quantitative estimate of drug-likeness (QED) is 0.437. The Kier molecular flexibility index (Phi) is 8.30. The van der Waals surface area contributed by atoms with Crippen LogP contribution in [0.15, 0.2) is 78.9 Å². The van der Waals surface area contributed by atoms with Crippen molar-refractivity contribution in [2.45, 2.75) is 45.3 Å². The zero-order chi connectivity index (χ0) is 24.6. The normalized spacial score (nSPS) is 11.9. The van der Waals surface area contributed by atoms with Gasteiger partial charge in [-0.15, -0.1) is 0 Å². The van der Waals surface area contributed by atoms with E-state index in [0.717, 1.165) is 17.7 Å². The summed E-state index contributed by atoms with van der Waals surface area (Å²) < 4.78 is 16.0. The average Bonchev–Trinajstić information content (AvgIpc) is 2.80. The third kappa shape index (κ3) is 7.96. The molecular weight excluding hydrogens is 430 g/mol. The second kappa shape index (κ2) is 11.4. The molecule has 34 heavy (non-hydrogen) atoms. The smallest absolute Gasteiger partial charge is 0.408 e. The number of ether oxygens (including phenoxy) is 3. The lowest BCUT2D eigenvalue weighted by molar-refractivity contribution is -0.143. The third-order valence-corrected chi connectivity index (χ3v) is 4.95. The van der Waals surface area contributed by atoms with Crippen molar-refractivity contribution in [3.05, 3.63) is 95.6 Å². The maximum atomic E-state index is 12.2. The fourth-order valence-electron chi connectivity index (χ4n) is 3.36. The van der Waals surface area contributed by atoms with Gasteiger partial charge in [-0.1, -0.05) is 54.6 Å². The van der Waals surface area contributed by atoms with Crippen LogP contribution in [0.5, 0.6) is 11.5 Å². The topological polar surface area (TPSA) is 73.9 Å². The molecule has 1 amide bonds. The van der Waals surface area contributed by atoms with Gasteiger partial charge in [-0.2, -0.15) is 0 Å². The fourth-order valence-corrected chi connectivity index (χ4v) is 3.36. The summed E-state index contributed by atoms with van der Waals surface area (Å²) >= 11 is 0. The predicted molar refractivity (Wildman–Crippen MR) is 131 cm³/mol. The van der Waals surface area contributed by atoms with Crippen LogP contribution in [0, 0.1) is 0 Å². The van der Waals surface area contributed by atoms with Crippen LogP contribution in [-0.4, -0.2) is 30.8 Å². The van der Waals surface area contributed by atoms with Gasteiger partial charge in [0.1, 0.15) is 23.1 Å². The van der Waals surface area contributed by atoms with Gasteiger partial charge in [0.15, 0.2) is 0 Å². The van der Waals surface area contributed by atoms with E-state index in [-0.39, 0.29) is 6.42 Å². The summed E-state index contributed by atoms with van der Waals surface area (Å²) in [5.74, 6) is 0.875. The Morgan fingerprint density at radius 1 is 0.794 bits per heavy atom. The van der Waals surface area contributed by atoms with Crippen LogP contribution >= 0.6 is 0 Å². The van der Waals surface area contributed by atoms with Crippen molar-refractivity contribution in [1.29, 1.82) is 0 Å². The number of rotatable bonds is 8. The molecule has 0 heterocycles. The zero-order valence-electron chi connectivity index (χ0n) is 20.0. The Hall–Kier alpha value is -3.80. The minimum Gasteiger partial charge on any atom is -0.467 e. The van der Waals surface area contributed by atoms with E-state index in [1.165, 1.54) is 18.2 Å². The lowest BCUT2D eigenvalue weighted by Gasteiger charge is -2.22. The Balaban J connectivity index is 1.58. The second-order valence-electron chi connectivity index (χ2n) is 8.98. The number of benzene rings is 3. The molecule has 0 radical (unpaired) electrons. The molecule has 3 aromatic carbocycles. The molecule has 0 bridgehead atoms. The summed E-state index contributed by atoms with van der Waals surface area (Å²) in [5, 5.41) is 2.58. The first-order valence-corrected chi connectivity index (χ1v) is 11.2. The van der Waals surface area contributed by atoms with Crippen LogP contribution in [0.2, 0.25) is 0 Å². The SMILES string of the molecule is COC(=O)C(Cc1ccc(Oc2ccc(Cc3ccccc3)cc2)cc1)NC(=O)OC(C)(C)C. The molecule has 3 aromatic rings. The van der Waals surface area contributed by atoms with Crippen molar-refractivity contribution in [1.82, 2.24) is 5.32 Å². The number of hydrogen-bond donors (Lipinski definition) is 1. The van der Waals surface area contributed by atoms with E-state index in [0.29, 0.717) is 5.75 Å². The van der Waals surface area contributed by atoms with E-state index < -0.39 is 23.7 Å². The first kappa shape index (κ1) is 24.8. The van der Waals surface area contributed by atoms with Gasteiger partial charge in [0.2, 0.25) is 0 Å². The largest absolute Gasteiger partial charge is 0.467 e. The molecule has 0 aromatic heterocycles. The number of hydrogen-bond acceptors (Lipinski definition) is 5. The monoisotopic (exact) mass is 461 g/mol. The maximum Gasteiger partial charge on any atom is 0.408 e. The molecule has 6 heteroatoms. The highest BCUT2D eigenvalue weighted by atomic mass is 16.6. The first-order valence-electron chi connectivity index (χ1n) is 11.2. The van der Waals surface area contributed by atoms with Gasteiger partial charge in [-0.05, 0) is 68.1 Å². The number of esters is 1. The van der Waals surface area contributed by atoms with Crippen LogP contribution in [0.1, 0.15) is 37.5 Å². The second-order valence-corrected chi connectivity index (χ2v) is 8.98. The van der Waals surface area contributed by atoms with Crippen LogP contribution < -0.4 is 10.1 Å². The van der Waals surface area contributed by atoms with E-state index in [2.05, 4.69) is 29.6 Å². The van der Waals surface area contributed by atoms with E-state index in [9.17, 15) is 9.59 Å². The number of amides is 1. The highest BCUT2D eigenvalue weighted by Gasteiger charge is 2.25. The van der Waals surface area contributed by atoms with Crippen molar-refractivity contribution in [2.75, 3.05) is 7.11 Å². The average molecular weight is 462 g/mol. The molecule has 1 N–H and O–H groups in total. The van der Waals surface area contributed by atoms with Crippen LogP contribution in [0.25, 0.3) is 0 Å². The van der Waals surface area contributed by atoms with Crippen molar-refractivity contribution >= 4 is 12.1 Å². The van der Waals surface area contributed by atoms with Gasteiger partial charge in [-0.3, -0.25) is 0 Å². The van der Waals surface area contributed by atoms with Crippen molar-refractivity contribution in [2.24, 2.45) is 0 Å². The van der Waals surface area contributed by atoms with E-state index in [4.69, 9.17) is 14.2 Å². The molecule has 0 aliphatic heterocycles. The standard InChI is InChI=1S/C28H31NO5/c1-28(2,3)34-27(31)29-25(26(30)32-4)19-22-12-16-24(17-13-22)33-23-14-10-21(11-15-23)18-20-8-6-5-7-9-20/h5-17,25H,18-19H2,1-4H3,(H,29,31). The zero-order valence-corrected chi connectivity index (χ0v) is 20.0. The van der Waals surface area contributed by atoms with Gasteiger partial charge in [0.25, 0.3) is 0 Å². The molecule has 3 rings (SSSR count). The molecule has 6 nitrogen and oxygen atoms in total. The molecule has 0 saturated carbocycles. The number of methoxy groups -OCH3 is 1. The predicted octanol–water partition coefficient (Wildman–Crippen LogP) is 5.68. The number of carbonyl (C=O) groups excluding carboxylic acids is 2. The molecule has 0 aliphatic carbocycles. The highest BCUT2D eigenvalue weighted by molar-refractivity contribution is 5.81. The molecule has 0 saturated heterocycles. The number of nitrogens with one attached hydrogen (secondary N) is 1. The molecule has 0 spiro atoms. The maximum absolute atomic E-state index is 12.2. The molecular formula is C28H31NO5. The summed E-state index contributed by atoms with van der Waals surface area (Å²) in [6.45, 7) is 5.28. The van der Waals surface area contributed by atoms with E-state index in [1.54, 1.807) is 20.8 Å². The lowest BCUT2D eigenvalue weighted by Crippen LogP contribution is -2.45.